The molecule has 2 aliphatic carbocycles. The molecule has 0 aliphatic heterocycles. The van der Waals surface area contributed by atoms with Crippen LogP contribution in [-0.4, -0.2) is 5.97 Å². The smallest absolute Gasteiger partial charge is 0.314 e. The Kier molecular flexibility index (Phi) is 11.0. The van der Waals surface area contributed by atoms with E-state index in [2.05, 4.69) is 0 Å². The highest BCUT2D eigenvalue weighted by molar-refractivity contribution is 5.75. The summed E-state index contributed by atoms with van der Waals surface area (Å²) in [6.45, 7) is 3.79. The number of rotatable bonds is 10. The van der Waals surface area contributed by atoms with Gasteiger partial charge in [0.05, 0.1) is 5.92 Å². The molecule has 1 saturated carbocycles. The van der Waals surface area contributed by atoms with E-state index in [0.717, 1.165) is 19.3 Å². The van der Waals surface area contributed by atoms with E-state index < -0.39 is 52.5 Å². The van der Waals surface area contributed by atoms with Crippen molar-refractivity contribution in [3.05, 3.63) is 105 Å². The van der Waals surface area contributed by atoms with Crippen molar-refractivity contribution < 1.29 is 35.9 Å². The van der Waals surface area contributed by atoms with Crippen LogP contribution in [0.2, 0.25) is 0 Å². The van der Waals surface area contributed by atoms with Crippen molar-refractivity contribution in [1.29, 1.82) is 0 Å². The van der Waals surface area contributed by atoms with Crippen LogP contribution in [-0.2, 0) is 17.6 Å². The van der Waals surface area contributed by atoms with Gasteiger partial charge in [0, 0.05) is 5.56 Å². The Morgan fingerprint density at radius 2 is 1.35 bits per heavy atom. The number of ether oxygens (including phenoxy) is 1. The van der Waals surface area contributed by atoms with Crippen LogP contribution in [0.4, 0.5) is 26.3 Å². The van der Waals surface area contributed by atoms with Crippen molar-refractivity contribution in [2.24, 2.45) is 5.92 Å². The Balaban J connectivity index is 1.19. The molecule has 0 aromatic heterocycles. The number of carbonyl (C=O) groups is 1. The molecule has 0 N–H and O–H groups in total. The van der Waals surface area contributed by atoms with E-state index in [1.54, 1.807) is 37.3 Å². The van der Waals surface area contributed by atoms with Gasteiger partial charge in [-0.25, -0.2) is 22.0 Å². The molecule has 0 saturated heterocycles. The van der Waals surface area contributed by atoms with E-state index >= 15 is 8.78 Å². The second kappa shape index (κ2) is 14.9. The standard InChI is InChI=1S/C38H40F6O2/c1-3-5-6-7-26-17-19-29(35(42)33(26)40)25-12-14-27(15-13-25)38(45)46-31-21-20-30(36(43)37(31)44)24-10-8-23(9-11-24)28-18-16-22(4-2)32(39)34(28)41/h8,16-21,24-25,27H,3-7,9-15H2,1-2H3. The maximum Gasteiger partial charge on any atom is 0.314 e. The van der Waals surface area contributed by atoms with Crippen LogP contribution >= 0.6 is 0 Å². The van der Waals surface area contributed by atoms with Crippen LogP contribution < -0.4 is 4.74 Å². The molecule has 46 heavy (non-hydrogen) atoms. The van der Waals surface area contributed by atoms with Crippen molar-refractivity contribution in [3.63, 3.8) is 0 Å². The lowest BCUT2D eigenvalue weighted by atomic mass is 9.78. The van der Waals surface area contributed by atoms with E-state index in [9.17, 15) is 22.4 Å². The summed E-state index contributed by atoms with van der Waals surface area (Å²) < 4.78 is 94.2. The largest absolute Gasteiger partial charge is 0.423 e. The van der Waals surface area contributed by atoms with Crippen LogP contribution in [0.5, 0.6) is 5.75 Å². The second-order valence-electron chi connectivity index (χ2n) is 12.6. The summed E-state index contributed by atoms with van der Waals surface area (Å²) in [6, 6.07) is 9.07. The number of allylic oxidation sites excluding steroid dienone is 2. The first-order valence-corrected chi connectivity index (χ1v) is 16.5. The van der Waals surface area contributed by atoms with Gasteiger partial charge in [0.1, 0.15) is 0 Å². The summed E-state index contributed by atoms with van der Waals surface area (Å²) in [6.07, 6.45) is 8.03. The molecule has 0 amide bonds. The van der Waals surface area contributed by atoms with Crippen LogP contribution in [0.25, 0.3) is 5.57 Å². The van der Waals surface area contributed by atoms with E-state index in [1.165, 1.54) is 12.1 Å². The molecule has 246 valence electrons. The predicted octanol–water partition coefficient (Wildman–Crippen LogP) is 11.0. The van der Waals surface area contributed by atoms with Crippen molar-refractivity contribution in [2.75, 3.05) is 0 Å². The van der Waals surface area contributed by atoms with E-state index in [4.69, 9.17) is 4.74 Å². The monoisotopic (exact) mass is 642 g/mol. The van der Waals surface area contributed by atoms with Crippen LogP contribution in [0.3, 0.4) is 0 Å². The second-order valence-corrected chi connectivity index (χ2v) is 12.6. The molecule has 0 spiro atoms. The Bertz CT molecular complexity index is 1610. The minimum absolute atomic E-state index is 0.131. The molecule has 3 aromatic rings. The fourth-order valence-corrected chi connectivity index (χ4v) is 6.92. The summed E-state index contributed by atoms with van der Waals surface area (Å²) in [4.78, 5) is 12.9. The first-order valence-electron chi connectivity index (χ1n) is 16.5. The quantitative estimate of drug-likeness (QED) is 0.0952. The number of carbonyl (C=O) groups excluding carboxylic acids is 1. The summed E-state index contributed by atoms with van der Waals surface area (Å²) in [5.74, 6) is -8.11. The zero-order valence-corrected chi connectivity index (χ0v) is 26.3. The van der Waals surface area contributed by atoms with Crippen molar-refractivity contribution in [1.82, 2.24) is 0 Å². The molecule has 0 heterocycles. The third-order valence-corrected chi connectivity index (χ3v) is 9.77. The first kappa shape index (κ1) is 33.8. The predicted molar refractivity (Wildman–Crippen MR) is 167 cm³/mol. The van der Waals surface area contributed by atoms with Gasteiger partial charge in [-0.2, -0.15) is 4.39 Å². The Morgan fingerprint density at radius 3 is 2.02 bits per heavy atom. The topological polar surface area (TPSA) is 26.3 Å². The highest BCUT2D eigenvalue weighted by Gasteiger charge is 2.32. The molecule has 5 rings (SSSR count). The zero-order valence-electron chi connectivity index (χ0n) is 26.3. The summed E-state index contributed by atoms with van der Waals surface area (Å²) in [5, 5.41) is 0. The zero-order chi connectivity index (χ0) is 33.0. The van der Waals surface area contributed by atoms with Crippen LogP contribution in [0, 0.1) is 40.8 Å². The average molecular weight is 643 g/mol. The molecule has 1 atom stereocenters. The van der Waals surface area contributed by atoms with Crippen molar-refractivity contribution >= 4 is 11.5 Å². The molecular formula is C38H40F6O2. The number of hydrogen-bond donors (Lipinski definition) is 0. The van der Waals surface area contributed by atoms with Crippen LogP contribution in [0.15, 0.2) is 42.5 Å². The number of unbranched alkanes of at least 4 members (excludes halogenated alkanes) is 2. The molecule has 1 unspecified atom stereocenters. The average Bonchev–Trinajstić information content (AvgIpc) is 3.07. The van der Waals surface area contributed by atoms with Gasteiger partial charge in [-0.05, 0) is 110 Å². The minimum Gasteiger partial charge on any atom is -0.423 e. The van der Waals surface area contributed by atoms with E-state index in [0.29, 0.717) is 80.1 Å². The summed E-state index contributed by atoms with van der Waals surface area (Å²) in [5.41, 5.74) is 1.93. The molecular weight excluding hydrogens is 602 g/mol. The van der Waals surface area contributed by atoms with Gasteiger partial charge in [0.2, 0.25) is 5.82 Å². The lowest BCUT2D eigenvalue weighted by Crippen LogP contribution is -2.26. The Morgan fingerprint density at radius 1 is 0.696 bits per heavy atom. The van der Waals surface area contributed by atoms with Gasteiger partial charge in [0.15, 0.2) is 34.8 Å². The number of esters is 1. The SMILES string of the molecule is CCCCCc1ccc(C2CCC(C(=O)Oc3ccc(C4CC=C(c5ccc(CC)c(F)c5F)CC4)c(F)c3F)CC2)c(F)c1F. The molecule has 3 aromatic carbocycles. The Labute approximate surface area is 266 Å². The van der Waals surface area contributed by atoms with Crippen molar-refractivity contribution in [2.45, 2.75) is 103 Å². The first-order chi connectivity index (χ1) is 22.1. The molecule has 2 aliphatic rings. The van der Waals surface area contributed by atoms with Gasteiger partial charge in [-0.15, -0.1) is 0 Å². The molecule has 8 heteroatoms. The van der Waals surface area contributed by atoms with E-state index in [1.807, 2.05) is 6.92 Å². The Hall–Kier alpha value is -3.55. The molecule has 2 nitrogen and oxygen atoms in total. The lowest BCUT2D eigenvalue weighted by molar-refractivity contribution is -0.140. The number of benzene rings is 3. The number of aryl methyl sites for hydroxylation is 2. The maximum atomic E-state index is 15.2. The fraction of sp³-hybridized carbons (Fsp3) is 0.447. The van der Waals surface area contributed by atoms with E-state index in [-0.39, 0.29) is 23.0 Å². The number of halogens is 6. The third kappa shape index (κ3) is 7.06. The molecule has 0 radical (unpaired) electrons. The normalized spacial score (nSPS) is 20.0. The highest BCUT2D eigenvalue weighted by Crippen LogP contribution is 2.41. The van der Waals surface area contributed by atoms with Gasteiger partial charge in [-0.3, -0.25) is 4.79 Å². The van der Waals surface area contributed by atoms with Gasteiger partial charge >= 0.3 is 5.97 Å². The number of hydrogen-bond acceptors (Lipinski definition) is 2. The lowest BCUT2D eigenvalue weighted by Gasteiger charge is -2.28. The summed E-state index contributed by atoms with van der Waals surface area (Å²) >= 11 is 0. The van der Waals surface area contributed by atoms with Gasteiger partial charge < -0.3 is 4.74 Å². The highest BCUT2D eigenvalue weighted by atomic mass is 19.2. The summed E-state index contributed by atoms with van der Waals surface area (Å²) in [7, 11) is 0. The fourth-order valence-electron chi connectivity index (χ4n) is 6.92. The third-order valence-electron chi connectivity index (χ3n) is 9.77. The minimum atomic E-state index is -1.26. The molecule has 0 bridgehead atoms. The van der Waals surface area contributed by atoms with Gasteiger partial charge in [0.25, 0.3) is 0 Å². The van der Waals surface area contributed by atoms with Gasteiger partial charge in [-0.1, -0.05) is 63.1 Å². The van der Waals surface area contributed by atoms with Crippen LogP contribution in [0.1, 0.15) is 118 Å². The molecule has 1 fully saturated rings. The maximum absolute atomic E-state index is 15.2. The van der Waals surface area contributed by atoms with Crippen molar-refractivity contribution in [3.8, 4) is 5.75 Å².